The van der Waals surface area contributed by atoms with Gasteiger partial charge < -0.3 is 5.11 Å². The summed E-state index contributed by atoms with van der Waals surface area (Å²) >= 11 is 9.20. The molecule has 0 aliphatic heterocycles. The number of aliphatic hydroxyl groups is 1. The molecule has 1 atom stereocenters. The lowest BCUT2D eigenvalue weighted by atomic mass is 9.89. The predicted octanol–water partition coefficient (Wildman–Crippen LogP) is 4.69. The third-order valence-corrected chi connectivity index (χ3v) is 4.03. The zero-order valence-corrected chi connectivity index (χ0v) is 12.7. The summed E-state index contributed by atoms with van der Waals surface area (Å²) in [6.07, 6.45) is 0.312. The van der Waals surface area contributed by atoms with Gasteiger partial charge in [0.15, 0.2) is 0 Å². The van der Waals surface area contributed by atoms with Crippen LogP contribution in [0.2, 0.25) is 5.02 Å². The Balaban J connectivity index is 2.30. The van der Waals surface area contributed by atoms with Crippen molar-refractivity contribution in [3.8, 4) is 0 Å². The molecule has 0 spiro atoms. The highest BCUT2D eigenvalue weighted by Crippen LogP contribution is 2.29. The van der Waals surface area contributed by atoms with Gasteiger partial charge in [0.25, 0.3) is 0 Å². The second-order valence-electron chi connectivity index (χ2n) is 4.69. The summed E-state index contributed by atoms with van der Waals surface area (Å²) in [7, 11) is 0. The number of rotatable bonds is 3. The van der Waals surface area contributed by atoms with Gasteiger partial charge in [-0.15, -0.1) is 0 Å². The van der Waals surface area contributed by atoms with Crippen LogP contribution in [0.4, 0.5) is 4.39 Å². The first-order chi connectivity index (χ1) is 8.88. The van der Waals surface area contributed by atoms with E-state index in [1.54, 1.807) is 37.3 Å². The van der Waals surface area contributed by atoms with Gasteiger partial charge in [0, 0.05) is 15.9 Å². The van der Waals surface area contributed by atoms with E-state index in [2.05, 4.69) is 15.9 Å². The molecule has 0 amide bonds. The highest BCUT2D eigenvalue weighted by Gasteiger charge is 2.24. The van der Waals surface area contributed by atoms with Crippen LogP contribution in [0.5, 0.6) is 0 Å². The van der Waals surface area contributed by atoms with E-state index in [1.807, 2.05) is 0 Å². The normalized spacial score (nSPS) is 14.2. The van der Waals surface area contributed by atoms with Crippen molar-refractivity contribution in [1.82, 2.24) is 0 Å². The lowest BCUT2D eigenvalue weighted by Crippen LogP contribution is -2.24. The third kappa shape index (κ3) is 3.56. The SMILES string of the molecule is CC(O)(Cc1cc(F)ccc1Br)c1ccc(Cl)cc1. The molecule has 100 valence electrons. The van der Waals surface area contributed by atoms with Crippen LogP contribution in [0.15, 0.2) is 46.9 Å². The van der Waals surface area contributed by atoms with Gasteiger partial charge in [-0.05, 0) is 48.4 Å². The Hall–Kier alpha value is -0.900. The van der Waals surface area contributed by atoms with Crippen LogP contribution < -0.4 is 0 Å². The molecule has 19 heavy (non-hydrogen) atoms. The maximum absolute atomic E-state index is 13.3. The van der Waals surface area contributed by atoms with Gasteiger partial charge in [-0.3, -0.25) is 0 Å². The molecule has 2 rings (SSSR count). The second kappa shape index (κ2) is 5.61. The van der Waals surface area contributed by atoms with Gasteiger partial charge in [-0.25, -0.2) is 4.39 Å². The zero-order chi connectivity index (χ0) is 14.0. The van der Waals surface area contributed by atoms with E-state index in [-0.39, 0.29) is 5.82 Å². The van der Waals surface area contributed by atoms with E-state index in [1.165, 1.54) is 12.1 Å². The van der Waals surface area contributed by atoms with Crippen molar-refractivity contribution >= 4 is 27.5 Å². The average Bonchev–Trinajstić information content (AvgIpc) is 2.34. The van der Waals surface area contributed by atoms with Gasteiger partial charge in [-0.1, -0.05) is 39.7 Å². The van der Waals surface area contributed by atoms with Crippen LogP contribution >= 0.6 is 27.5 Å². The fraction of sp³-hybridized carbons (Fsp3) is 0.200. The van der Waals surface area contributed by atoms with Gasteiger partial charge in [-0.2, -0.15) is 0 Å². The lowest BCUT2D eigenvalue weighted by molar-refractivity contribution is 0.0574. The summed E-state index contributed by atoms with van der Waals surface area (Å²) in [6, 6.07) is 11.4. The van der Waals surface area contributed by atoms with E-state index in [9.17, 15) is 9.50 Å². The summed E-state index contributed by atoms with van der Waals surface area (Å²) in [6.45, 7) is 1.70. The van der Waals surface area contributed by atoms with Crippen molar-refractivity contribution in [2.75, 3.05) is 0 Å². The quantitative estimate of drug-likeness (QED) is 0.857. The van der Waals surface area contributed by atoms with Crippen LogP contribution in [0.25, 0.3) is 0 Å². The molecule has 2 aromatic rings. The first-order valence-corrected chi connectivity index (χ1v) is 6.98. The third-order valence-electron chi connectivity index (χ3n) is 3.01. The predicted molar refractivity (Wildman–Crippen MR) is 78.8 cm³/mol. The molecule has 1 unspecified atom stereocenters. The highest BCUT2D eigenvalue weighted by atomic mass is 79.9. The van der Waals surface area contributed by atoms with Crippen LogP contribution in [0.3, 0.4) is 0 Å². The molecular weight excluding hydrogens is 331 g/mol. The lowest BCUT2D eigenvalue weighted by Gasteiger charge is -2.24. The standard InChI is InChI=1S/C15H13BrClFO/c1-15(19,11-2-4-12(17)5-3-11)9-10-8-13(18)6-7-14(10)16/h2-8,19H,9H2,1H3. The van der Waals surface area contributed by atoms with E-state index in [4.69, 9.17) is 11.6 Å². The Morgan fingerprint density at radius 2 is 1.84 bits per heavy atom. The number of hydrogen-bond donors (Lipinski definition) is 1. The summed E-state index contributed by atoms with van der Waals surface area (Å²) in [5.74, 6) is -0.315. The molecule has 0 bridgehead atoms. The molecule has 1 nitrogen and oxygen atoms in total. The summed E-state index contributed by atoms with van der Waals surface area (Å²) in [4.78, 5) is 0. The largest absolute Gasteiger partial charge is 0.385 e. The van der Waals surface area contributed by atoms with E-state index < -0.39 is 5.60 Å². The first kappa shape index (κ1) is 14.5. The van der Waals surface area contributed by atoms with Crippen molar-refractivity contribution in [2.45, 2.75) is 18.9 Å². The average molecular weight is 344 g/mol. The van der Waals surface area contributed by atoms with Crippen molar-refractivity contribution in [1.29, 1.82) is 0 Å². The molecule has 0 fully saturated rings. The van der Waals surface area contributed by atoms with Crippen molar-refractivity contribution in [3.05, 3.63) is 68.9 Å². The fourth-order valence-electron chi connectivity index (χ4n) is 1.96. The zero-order valence-electron chi connectivity index (χ0n) is 10.3. The minimum absolute atomic E-state index is 0.312. The summed E-state index contributed by atoms with van der Waals surface area (Å²) < 4.78 is 14.0. The van der Waals surface area contributed by atoms with Crippen molar-refractivity contribution < 1.29 is 9.50 Å². The Morgan fingerprint density at radius 1 is 1.21 bits per heavy atom. The van der Waals surface area contributed by atoms with Crippen LogP contribution in [-0.4, -0.2) is 5.11 Å². The molecular formula is C15H13BrClFO. The molecule has 0 aliphatic carbocycles. The van der Waals surface area contributed by atoms with E-state index in [0.29, 0.717) is 11.4 Å². The molecule has 0 saturated carbocycles. The number of halogens is 3. The second-order valence-corrected chi connectivity index (χ2v) is 5.98. The van der Waals surface area contributed by atoms with E-state index in [0.717, 1.165) is 15.6 Å². The molecule has 4 heteroatoms. The topological polar surface area (TPSA) is 20.2 Å². The molecule has 1 N–H and O–H groups in total. The van der Waals surface area contributed by atoms with Crippen molar-refractivity contribution in [2.24, 2.45) is 0 Å². The Labute approximate surface area is 125 Å². The van der Waals surface area contributed by atoms with Gasteiger partial charge in [0.2, 0.25) is 0 Å². The first-order valence-electron chi connectivity index (χ1n) is 5.81. The summed E-state index contributed by atoms with van der Waals surface area (Å²) in [5.41, 5.74) is 0.383. The Kier molecular flexibility index (Phi) is 4.29. The number of hydrogen-bond acceptors (Lipinski definition) is 1. The smallest absolute Gasteiger partial charge is 0.123 e. The van der Waals surface area contributed by atoms with E-state index >= 15 is 0 Å². The van der Waals surface area contributed by atoms with Gasteiger partial charge in [0.1, 0.15) is 5.82 Å². The monoisotopic (exact) mass is 342 g/mol. The minimum atomic E-state index is -1.08. The molecule has 2 aromatic carbocycles. The Bertz CT molecular complexity index is 581. The maximum Gasteiger partial charge on any atom is 0.123 e. The molecule has 0 radical (unpaired) electrons. The number of benzene rings is 2. The van der Waals surface area contributed by atoms with Gasteiger partial charge >= 0.3 is 0 Å². The van der Waals surface area contributed by atoms with Crippen LogP contribution in [-0.2, 0) is 12.0 Å². The minimum Gasteiger partial charge on any atom is -0.385 e. The molecule has 0 heterocycles. The highest BCUT2D eigenvalue weighted by molar-refractivity contribution is 9.10. The van der Waals surface area contributed by atoms with Gasteiger partial charge in [0.05, 0.1) is 5.60 Å². The Morgan fingerprint density at radius 3 is 2.47 bits per heavy atom. The molecule has 0 aromatic heterocycles. The fourth-order valence-corrected chi connectivity index (χ4v) is 2.47. The molecule has 0 saturated heterocycles. The summed E-state index contributed by atoms with van der Waals surface area (Å²) in [5, 5.41) is 11.2. The maximum atomic E-state index is 13.3. The van der Waals surface area contributed by atoms with Crippen LogP contribution in [0, 0.1) is 5.82 Å². The molecule has 0 aliphatic rings. The van der Waals surface area contributed by atoms with Crippen molar-refractivity contribution in [3.63, 3.8) is 0 Å². The van der Waals surface area contributed by atoms with Crippen LogP contribution in [0.1, 0.15) is 18.1 Å².